The smallest absolute Gasteiger partial charge is 0.258 e. The van der Waals surface area contributed by atoms with Crippen molar-refractivity contribution in [2.75, 3.05) is 12.3 Å². The summed E-state index contributed by atoms with van der Waals surface area (Å²) in [5, 5.41) is 4.07. The number of fused-ring (bicyclic) bond motifs is 1. The van der Waals surface area contributed by atoms with E-state index in [2.05, 4.69) is 23.1 Å². The molecule has 4 rings (SSSR count). The zero-order valence-electron chi connectivity index (χ0n) is 12.6. The maximum absolute atomic E-state index is 5.79. The van der Waals surface area contributed by atoms with Gasteiger partial charge in [0, 0.05) is 22.4 Å². The minimum atomic E-state index is 0.423. The van der Waals surface area contributed by atoms with Gasteiger partial charge in [-0.25, -0.2) is 0 Å². The van der Waals surface area contributed by atoms with Crippen molar-refractivity contribution in [2.24, 2.45) is 0 Å². The molecule has 0 saturated heterocycles. The van der Waals surface area contributed by atoms with Crippen LogP contribution in [0.25, 0.3) is 23.1 Å². The lowest BCUT2D eigenvalue weighted by Gasteiger charge is -2.16. The molecule has 0 aliphatic carbocycles. The van der Waals surface area contributed by atoms with E-state index in [9.17, 15) is 0 Å². The van der Waals surface area contributed by atoms with E-state index in [4.69, 9.17) is 15.0 Å². The fourth-order valence-corrected chi connectivity index (χ4v) is 2.57. The first-order valence-corrected chi connectivity index (χ1v) is 7.33. The summed E-state index contributed by atoms with van der Waals surface area (Å²) < 4.78 is 11.1. The molecule has 3 aromatic rings. The number of ether oxygens (including phenoxy) is 1. The summed E-state index contributed by atoms with van der Waals surface area (Å²) in [6.07, 6.45) is 2.04. The first-order chi connectivity index (χ1) is 11.2. The molecule has 1 aromatic heterocycles. The van der Waals surface area contributed by atoms with Crippen molar-refractivity contribution >= 4 is 17.3 Å². The average Bonchev–Trinajstić information content (AvgIpc) is 3.04. The second-order valence-electron chi connectivity index (χ2n) is 5.55. The SMILES string of the molecule is Cc1ccc2c(c1)C=C(c1noc(-c3cccc(N)c3)n1)CO2. The van der Waals surface area contributed by atoms with Gasteiger partial charge in [0.25, 0.3) is 5.89 Å². The van der Waals surface area contributed by atoms with Gasteiger partial charge >= 0.3 is 0 Å². The summed E-state index contributed by atoms with van der Waals surface area (Å²) >= 11 is 0. The number of nitrogen functional groups attached to an aromatic ring is 1. The molecule has 0 amide bonds. The van der Waals surface area contributed by atoms with E-state index >= 15 is 0 Å². The van der Waals surface area contributed by atoms with Crippen molar-refractivity contribution in [3.05, 3.63) is 59.4 Å². The third-order valence-electron chi connectivity index (χ3n) is 3.73. The van der Waals surface area contributed by atoms with Gasteiger partial charge in [-0.1, -0.05) is 22.9 Å². The number of aryl methyl sites for hydroxylation is 1. The van der Waals surface area contributed by atoms with Crippen molar-refractivity contribution in [2.45, 2.75) is 6.92 Å². The third kappa shape index (κ3) is 2.57. The lowest BCUT2D eigenvalue weighted by Crippen LogP contribution is -2.07. The summed E-state index contributed by atoms with van der Waals surface area (Å²) in [6, 6.07) is 13.5. The fraction of sp³-hybridized carbons (Fsp3) is 0.111. The minimum Gasteiger partial charge on any atom is -0.488 e. The number of anilines is 1. The Labute approximate surface area is 133 Å². The van der Waals surface area contributed by atoms with Gasteiger partial charge in [-0.15, -0.1) is 0 Å². The molecule has 23 heavy (non-hydrogen) atoms. The van der Waals surface area contributed by atoms with E-state index in [1.165, 1.54) is 5.56 Å². The number of hydrogen-bond acceptors (Lipinski definition) is 5. The molecule has 0 spiro atoms. The van der Waals surface area contributed by atoms with Crippen molar-refractivity contribution in [3.63, 3.8) is 0 Å². The van der Waals surface area contributed by atoms with Crippen molar-refractivity contribution in [1.82, 2.24) is 10.1 Å². The molecular formula is C18H15N3O2. The highest BCUT2D eigenvalue weighted by Gasteiger charge is 2.18. The van der Waals surface area contributed by atoms with Gasteiger partial charge in [-0.3, -0.25) is 0 Å². The summed E-state index contributed by atoms with van der Waals surface area (Å²) in [5.74, 6) is 1.86. The highest BCUT2D eigenvalue weighted by molar-refractivity contribution is 5.83. The Hall–Kier alpha value is -3.08. The summed E-state index contributed by atoms with van der Waals surface area (Å²) in [6.45, 7) is 2.47. The molecule has 1 aliphatic rings. The Balaban J connectivity index is 1.70. The zero-order valence-corrected chi connectivity index (χ0v) is 12.6. The van der Waals surface area contributed by atoms with Crippen LogP contribution < -0.4 is 10.5 Å². The minimum absolute atomic E-state index is 0.423. The Morgan fingerprint density at radius 3 is 2.91 bits per heavy atom. The van der Waals surface area contributed by atoms with Crippen molar-refractivity contribution < 1.29 is 9.26 Å². The van der Waals surface area contributed by atoms with E-state index < -0.39 is 0 Å². The molecule has 114 valence electrons. The molecule has 1 aliphatic heterocycles. The molecule has 0 radical (unpaired) electrons. The quantitative estimate of drug-likeness (QED) is 0.733. The molecule has 0 bridgehead atoms. The second kappa shape index (κ2) is 5.28. The molecule has 0 fully saturated rings. The summed E-state index contributed by atoms with van der Waals surface area (Å²) in [4.78, 5) is 4.46. The fourth-order valence-electron chi connectivity index (χ4n) is 2.57. The average molecular weight is 305 g/mol. The maximum atomic E-state index is 5.79. The number of nitrogens with two attached hydrogens (primary N) is 1. The van der Waals surface area contributed by atoms with E-state index in [0.717, 1.165) is 22.4 Å². The first kappa shape index (κ1) is 13.6. The molecule has 0 saturated carbocycles. The first-order valence-electron chi connectivity index (χ1n) is 7.33. The Kier molecular flexibility index (Phi) is 3.12. The van der Waals surface area contributed by atoms with Gasteiger partial charge in [0.1, 0.15) is 12.4 Å². The summed E-state index contributed by atoms with van der Waals surface area (Å²) in [5.41, 5.74) is 10.4. The highest BCUT2D eigenvalue weighted by Crippen LogP contribution is 2.31. The van der Waals surface area contributed by atoms with Crippen LogP contribution in [-0.2, 0) is 0 Å². The van der Waals surface area contributed by atoms with Gasteiger partial charge in [-0.05, 0) is 43.3 Å². The van der Waals surface area contributed by atoms with Gasteiger partial charge in [0.2, 0.25) is 5.82 Å². The van der Waals surface area contributed by atoms with Crippen LogP contribution in [0.5, 0.6) is 5.75 Å². The normalized spacial score (nSPS) is 13.2. The van der Waals surface area contributed by atoms with Crippen LogP contribution in [0.3, 0.4) is 0 Å². The summed E-state index contributed by atoms with van der Waals surface area (Å²) in [7, 11) is 0. The monoisotopic (exact) mass is 305 g/mol. The molecular weight excluding hydrogens is 290 g/mol. The Morgan fingerprint density at radius 2 is 2.04 bits per heavy atom. The molecule has 5 nitrogen and oxygen atoms in total. The molecule has 2 heterocycles. The highest BCUT2D eigenvalue weighted by atomic mass is 16.5. The topological polar surface area (TPSA) is 74.2 Å². The van der Waals surface area contributed by atoms with Crippen molar-refractivity contribution in [1.29, 1.82) is 0 Å². The molecule has 0 unspecified atom stereocenters. The van der Waals surface area contributed by atoms with E-state index in [1.54, 1.807) is 0 Å². The van der Waals surface area contributed by atoms with Crippen LogP contribution in [0.2, 0.25) is 0 Å². The van der Waals surface area contributed by atoms with Crippen LogP contribution in [0.1, 0.15) is 17.0 Å². The van der Waals surface area contributed by atoms with Crippen LogP contribution in [0, 0.1) is 6.92 Å². The number of benzene rings is 2. The van der Waals surface area contributed by atoms with Crippen molar-refractivity contribution in [3.8, 4) is 17.2 Å². The standard InChI is InChI=1S/C18H15N3O2/c1-11-5-6-16-13(7-11)8-14(10-22-16)17-20-18(23-21-17)12-3-2-4-15(19)9-12/h2-9H,10,19H2,1H3. The van der Waals surface area contributed by atoms with Crippen LogP contribution >= 0.6 is 0 Å². The van der Waals surface area contributed by atoms with Gasteiger partial charge in [0.05, 0.1) is 0 Å². The van der Waals surface area contributed by atoms with Crippen LogP contribution in [0.4, 0.5) is 5.69 Å². The lowest BCUT2D eigenvalue weighted by molar-refractivity contribution is 0.363. The maximum Gasteiger partial charge on any atom is 0.258 e. The molecule has 0 atom stereocenters. The largest absolute Gasteiger partial charge is 0.488 e. The van der Waals surface area contributed by atoms with Gasteiger partial charge < -0.3 is 15.0 Å². The number of hydrogen-bond donors (Lipinski definition) is 1. The van der Waals surface area contributed by atoms with E-state index in [1.807, 2.05) is 42.5 Å². The molecule has 2 N–H and O–H groups in total. The number of aromatic nitrogens is 2. The third-order valence-corrected chi connectivity index (χ3v) is 3.73. The van der Waals surface area contributed by atoms with E-state index in [-0.39, 0.29) is 0 Å². The predicted molar refractivity (Wildman–Crippen MR) is 88.7 cm³/mol. The van der Waals surface area contributed by atoms with E-state index in [0.29, 0.717) is 24.0 Å². The predicted octanol–water partition coefficient (Wildman–Crippen LogP) is 3.56. The number of rotatable bonds is 2. The number of nitrogens with zero attached hydrogens (tertiary/aromatic N) is 2. The molecule has 2 aromatic carbocycles. The second-order valence-corrected chi connectivity index (χ2v) is 5.55. The molecule has 5 heteroatoms. The van der Waals surface area contributed by atoms with Crippen LogP contribution in [0.15, 0.2) is 47.0 Å². The van der Waals surface area contributed by atoms with Gasteiger partial charge in [-0.2, -0.15) is 4.98 Å². The van der Waals surface area contributed by atoms with Crippen LogP contribution in [-0.4, -0.2) is 16.7 Å². The Bertz CT molecular complexity index is 912. The lowest BCUT2D eigenvalue weighted by atomic mass is 10.0. The zero-order chi connectivity index (χ0) is 15.8. The Morgan fingerprint density at radius 1 is 1.13 bits per heavy atom. The van der Waals surface area contributed by atoms with Gasteiger partial charge in [0.15, 0.2) is 0 Å².